The average molecular weight is 686 g/mol. The topological polar surface area (TPSA) is 138 Å². The first-order valence-corrected chi connectivity index (χ1v) is 18.0. The number of para-hydroxylation sites is 1. The molecule has 0 bridgehead atoms. The molecular weight excluding hydrogens is 659 g/mol. The minimum absolute atomic E-state index is 0.0771. The van der Waals surface area contributed by atoms with E-state index in [2.05, 4.69) is 0 Å². The highest BCUT2D eigenvalue weighted by Crippen LogP contribution is 2.60. The van der Waals surface area contributed by atoms with Crippen molar-refractivity contribution >= 4 is 39.1 Å². The Labute approximate surface area is 258 Å². The van der Waals surface area contributed by atoms with Crippen molar-refractivity contribution in [1.82, 2.24) is 4.31 Å². The van der Waals surface area contributed by atoms with Crippen LogP contribution in [0.2, 0.25) is 5.02 Å². The molecule has 0 aromatic heterocycles. The molecule has 0 aliphatic carbocycles. The summed E-state index contributed by atoms with van der Waals surface area (Å²) in [6, 6.07) is 22.0. The highest BCUT2D eigenvalue weighted by atomic mass is 35.5. The van der Waals surface area contributed by atoms with Crippen LogP contribution in [-0.4, -0.2) is 44.3 Å². The van der Waals surface area contributed by atoms with E-state index in [0.717, 1.165) is 28.8 Å². The summed E-state index contributed by atoms with van der Waals surface area (Å²) in [5.74, 6) is 0.0771. The van der Waals surface area contributed by atoms with Crippen molar-refractivity contribution in [2.24, 2.45) is 0 Å². The Hall–Kier alpha value is -3.16. The number of ether oxygens (including phenoxy) is 1. The Morgan fingerprint density at radius 2 is 1.45 bits per heavy atom. The van der Waals surface area contributed by atoms with Gasteiger partial charge >= 0.3 is 13.3 Å². The van der Waals surface area contributed by atoms with Crippen LogP contribution in [0.25, 0.3) is 11.1 Å². The van der Waals surface area contributed by atoms with Crippen LogP contribution in [0, 0.1) is 0 Å². The van der Waals surface area contributed by atoms with Gasteiger partial charge in [0.05, 0.1) is 22.6 Å². The molecule has 0 aliphatic heterocycles. The van der Waals surface area contributed by atoms with Crippen LogP contribution in [-0.2, 0) is 43.2 Å². The number of methoxy groups -OCH3 is 1. The number of rotatable bonds is 11. The molecule has 0 heterocycles. The first-order valence-electron chi connectivity index (χ1n) is 12.7. The van der Waals surface area contributed by atoms with Crippen LogP contribution in [0.5, 0.6) is 5.75 Å². The molecule has 0 spiro atoms. The highest BCUT2D eigenvalue weighted by Gasteiger charge is 2.51. The van der Waals surface area contributed by atoms with Crippen LogP contribution >= 0.6 is 19.2 Å². The predicted octanol–water partition coefficient (Wildman–Crippen LogP) is 6.04. The van der Waals surface area contributed by atoms with Crippen molar-refractivity contribution in [1.29, 1.82) is 0 Å². The van der Waals surface area contributed by atoms with Crippen molar-refractivity contribution in [3.8, 4) is 16.9 Å². The zero-order valence-electron chi connectivity index (χ0n) is 23.3. The number of alkyl halides is 2. The third-order valence-electron chi connectivity index (χ3n) is 6.68. The molecule has 0 radical (unpaired) electrons. The van der Waals surface area contributed by atoms with E-state index in [1.807, 2.05) is 0 Å². The summed E-state index contributed by atoms with van der Waals surface area (Å²) in [7, 11) is -12.3. The number of sulfonamides is 1. The van der Waals surface area contributed by atoms with Gasteiger partial charge < -0.3 is 14.5 Å². The molecule has 44 heavy (non-hydrogen) atoms. The first-order chi connectivity index (χ1) is 20.4. The Kier molecular flexibility index (Phi) is 9.72. The molecule has 4 rings (SSSR count). The zero-order chi connectivity index (χ0) is 32.5. The van der Waals surface area contributed by atoms with E-state index in [1.165, 1.54) is 37.4 Å². The summed E-state index contributed by atoms with van der Waals surface area (Å²) < 4.78 is 98.2. The lowest BCUT2D eigenvalue weighted by Gasteiger charge is -2.24. The van der Waals surface area contributed by atoms with Crippen molar-refractivity contribution in [3.63, 3.8) is 0 Å². The predicted molar refractivity (Wildman–Crippen MR) is 162 cm³/mol. The maximum atomic E-state index is 14.3. The summed E-state index contributed by atoms with van der Waals surface area (Å²) in [4.78, 5) is 18.2. The maximum absolute atomic E-state index is 14.3. The van der Waals surface area contributed by atoms with Crippen LogP contribution in [0.15, 0.2) is 101 Å². The number of halogens is 3. The minimum atomic E-state index is -5.89. The fourth-order valence-corrected chi connectivity index (χ4v) is 7.51. The summed E-state index contributed by atoms with van der Waals surface area (Å²) in [6.07, 6.45) is 1.11. The van der Waals surface area contributed by atoms with E-state index in [1.54, 1.807) is 42.5 Å². The van der Waals surface area contributed by atoms with Gasteiger partial charge in [0, 0.05) is 19.3 Å². The van der Waals surface area contributed by atoms with E-state index in [4.69, 9.17) is 26.1 Å². The Balaban J connectivity index is 1.72. The van der Waals surface area contributed by atoms with Gasteiger partial charge in [-0.05, 0) is 52.6 Å². The minimum Gasteiger partial charge on any atom is -0.495 e. The Morgan fingerprint density at radius 1 is 0.841 bits per heavy atom. The molecule has 9 nitrogen and oxygen atoms in total. The van der Waals surface area contributed by atoms with E-state index in [-0.39, 0.29) is 34.2 Å². The van der Waals surface area contributed by atoms with Gasteiger partial charge in [0.1, 0.15) is 10.6 Å². The third-order valence-corrected chi connectivity index (χ3v) is 10.9. The largest absolute Gasteiger partial charge is 0.495 e. The summed E-state index contributed by atoms with van der Waals surface area (Å²) in [5, 5.41) is -0.647. The van der Waals surface area contributed by atoms with E-state index in [9.17, 15) is 30.2 Å². The van der Waals surface area contributed by atoms with Crippen molar-refractivity contribution in [2.45, 2.75) is 28.5 Å². The molecule has 0 unspecified atom stereocenters. The number of hydrogen-bond acceptors (Lipinski definition) is 6. The van der Waals surface area contributed by atoms with Gasteiger partial charge in [-0.25, -0.2) is 16.8 Å². The molecule has 2 N–H and O–H groups in total. The normalized spacial score (nSPS) is 12.8. The molecule has 0 saturated heterocycles. The van der Waals surface area contributed by atoms with Gasteiger partial charge in [0.2, 0.25) is 10.0 Å². The van der Waals surface area contributed by atoms with Gasteiger partial charge in [-0.1, -0.05) is 72.3 Å². The second-order valence-corrected chi connectivity index (χ2v) is 15.8. The standard InChI is InChI=1S/C29H27ClF2NO8PS2/c1-41-27-8-3-4-9-28(27)44(39,40)33(19-21-12-15-25(26(30)16-21)29(31,32)42(34,35)36)18-20-10-13-22(14-11-20)23-6-5-7-24(17-23)43(2,37)38/h3-17H,18-19H2,1-2H3,(H2,34,35,36). The first kappa shape index (κ1) is 33.7. The van der Waals surface area contributed by atoms with Gasteiger partial charge in [0.25, 0.3) is 0 Å². The fraction of sp³-hybridized carbons (Fsp3) is 0.172. The Bertz CT molecular complexity index is 1950. The number of sulfone groups is 1. The van der Waals surface area contributed by atoms with Crippen molar-refractivity contribution in [2.75, 3.05) is 13.4 Å². The molecule has 234 valence electrons. The Morgan fingerprint density at radius 3 is 2.05 bits per heavy atom. The zero-order valence-corrected chi connectivity index (χ0v) is 26.5. The molecule has 0 fully saturated rings. The average Bonchev–Trinajstić information content (AvgIpc) is 2.96. The third kappa shape index (κ3) is 7.21. The van der Waals surface area contributed by atoms with Gasteiger partial charge in [-0.3, -0.25) is 4.57 Å². The summed E-state index contributed by atoms with van der Waals surface area (Å²) in [5.41, 5.74) is -3.60. The van der Waals surface area contributed by atoms with Crippen LogP contribution in [0.4, 0.5) is 8.78 Å². The number of nitrogens with zero attached hydrogens (tertiary/aromatic N) is 1. The van der Waals surface area contributed by atoms with Gasteiger partial charge in [0.15, 0.2) is 9.84 Å². The lowest BCUT2D eigenvalue weighted by molar-refractivity contribution is 0.0565. The highest BCUT2D eigenvalue weighted by molar-refractivity contribution is 7.90. The van der Waals surface area contributed by atoms with Crippen molar-refractivity contribution < 1.29 is 44.7 Å². The molecule has 15 heteroatoms. The maximum Gasteiger partial charge on any atom is 0.399 e. The van der Waals surface area contributed by atoms with Crippen LogP contribution in [0.3, 0.4) is 0 Å². The number of benzene rings is 4. The lowest BCUT2D eigenvalue weighted by Crippen LogP contribution is -2.30. The quantitative estimate of drug-likeness (QED) is 0.182. The van der Waals surface area contributed by atoms with Crippen LogP contribution < -0.4 is 4.74 Å². The molecule has 0 atom stereocenters. The molecule has 4 aromatic rings. The van der Waals surface area contributed by atoms with Crippen molar-refractivity contribution in [3.05, 3.63) is 113 Å². The smallest absolute Gasteiger partial charge is 0.399 e. The second kappa shape index (κ2) is 12.7. The van der Waals surface area contributed by atoms with E-state index >= 15 is 0 Å². The summed E-state index contributed by atoms with van der Waals surface area (Å²) in [6.45, 7) is -0.526. The fourth-order valence-electron chi connectivity index (χ4n) is 4.37. The van der Waals surface area contributed by atoms with E-state index < -0.39 is 43.7 Å². The second-order valence-electron chi connectivity index (χ2n) is 9.82. The molecule has 0 amide bonds. The SMILES string of the molecule is COc1ccccc1S(=O)(=O)N(Cc1ccc(-c2cccc(S(C)(=O)=O)c2)cc1)Cc1ccc(C(F)(F)P(=O)(O)O)c(Cl)c1. The number of hydrogen-bond donors (Lipinski definition) is 2. The summed E-state index contributed by atoms with van der Waals surface area (Å²) >= 11 is 6.01. The molecule has 0 aliphatic rings. The van der Waals surface area contributed by atoms with Crippen LogP contribution in [0.1, 0.15) is 16.7 Å². The van der Waals surface area contributed by atoms with Gasteiger partial charge in [-0.2, -0.15) is 13.1 Å². The molecule has 4 aromatic carbocycles. The molecule has 0 saturated carbocycles. The lowest BCUT2D eigenvalue weighted by atomic mass is 10.0. The molecular formula is C29H27ClF2NO8PS2. The van der Waals surface area contributed by atoms with E-state index in [0.29, 0.717) is 16.7 Å². The monoisotopic (exact) mass is 685 g/mol. The van der Waals surface area contributed by atoms with Gasteiger partial charge in [-0.15, -0.1) is 0 Å².